The first-order chi connectivity index (χ1) is 6.86. The summed E-state index contributed by atoms with van der Waals surface area (Å²) in [6.07, 6.45) is -4.34. The van der Waals surface area contributed by atoms with Gasteiger partial charge < -0.3 is 15.2 Å². The number of rotatable bonds is 2. The molecule has 0 unspecified atom stereocenters. The number of pyridine rings is 1. The number of alkyl halides is 3. The quantitative estimate of drug-likeness (QED) is 0.607. The van der Waals surface area contributed by atoms with Crippen LogP contribution in [0, 0.1) is 10.1 Å². The topological polar surface area (TPSA) is 76.3 Å². The van der Waals surface area contributed by atoms with Gasteiger partial charge in [0.2, 0.25) is 0 Å². The number of hydrogen-bond donors (Lipinski definition) is 1. The number of aliphatic hydroxyl groups is 1. The van der Waals surface area contributed by atoms with E-state index in [1.54, 1.807) is 0 Å². The maximum atomic E-state index is 12.2. The molecular weight excluding hydrogens is 217 g/mol. The third-order valence-corrected chi connectivity index (χ3v) is 1.64. The van der Waals surface area contributed by atoms with Gasteiger partial charge in [0.25, 0.3) is 0 Å². The van der Waals surface area contributed by atoms with Crippen molar-refractivity contribution in [3.05, 3.63) is 33.5 Å². The summed E-state index contributed by atoms with van der Waals surface area (Å²) in [6.45, 7) is -0.932. The molecule has 0 saturated carbocycles. The predicted molar refractivity (Wildman–Crippen MR) is 41.8 cm³/mol. The Morgan fingerprint density at radius 1 is 1.53 bits per heavy atom. The molecule has 1 rings (SSSR count). The second-order valence-electron chi connectivity index (χ2n) is 2.61. The fourth-order valence-electron chi connectivity index (χ4n) is 0.970. The average molecular weight is 222 g/mol. The Bertz CT molecular complexity index is 392. The highest BCUT2D eigenvalue weighted by Gasteiger charge is 2.35. The van der Waals surface area contributed by atoms with Crippen LogP contribution in [-0.2, 0) is 12.8 Å². The average Bonchev–Trinajstić information content (AvgIpc) is 2.15. The van der Waals surface area contributed by atoms with E-state index in [2.05, 4.69) is 4.98 Å². The van der Waals surface area contributed by atoms with Crippen molar-refractivity contribution in [2.75, 3.05) is 0 Å². The maximum Gasteiger partial charge on any atom is 0.420 e. The SMILES string of the molecule is O=[N+]([O-])c1cc(CO)c(C(F)(F)F)cn1. The van der Waals surface area contributed by atoms with Crippen LogP contribution in [0.25, 0.3) is 0 Å². The Hall–Kier alpha value is -1.70. The van der Waals surface area contributed by atoms with Gasteiger partial charge in [-0.05, 0) is 9.91 Å². The van der Waals surface area contributed by atoms with Gasteiger partial charge in [0, 0.05) is 11.6 Å². The number of nitrogens with zero attached hydrogens (tertiary/aromatic N) is 2. The molecule has 0 aliphatic rings. The molecule has 0 aliphatic heterocycles. The van der Waals surface area contributed by atoms with Crippen molar-refractivity contribution in [2.45, 2.75) is 12.8 Å². The molecule has 1 aromatic heterocycles. The van der Waals surface area contributed by atoms with E-state index in [-0.39, 0.29) is 0 Å². The lowest BCUT2D eigenvalue weighted by Crippen LogP contribution is -2.10. The molecule has 0 aliphatic carbocycles. The molecule has 0 spiro atoms. The van der Waals surface area contributed by atoms with Gasteiger partial charge in [-0.1, -0.05) is 0 Å². The zero-order valence-corrected chi connectivity index (χ0v) is 7.15. The molecule has 0 radical (unpaired) electrons. The Morgan fingerprint density at radius 2 is 2.13 bits per heavy atom. The molecule has 0 fully saturated rings. The van der Waals surface area contributed by atoms with Gasteiger partial charge in [-0.15, -0.1) is 0 Å². The van der Waals surface area contributed by atoms with Crippen molar-refractivity contribution in [3.63, 3.8) is 0 Å². The number of hydrogen-bond acceptors (Lipinski definition) is 4. The van der Waals surface area contributed by atoms with E-state index >= 15 is 0 Å². The summed E-state index contributed by atoms with van der Waals surface area (Å²) in [7, 11) is 0. The summed E-state index contributed by atoms with van der Waals surface area (Å²) < 4.78 is 36.7. The van der Waals surface area contributed by atoms with Crippen LogP contribution < -0.4 is 0 Å². The van der Waals surface area contributed by atoms with Crippen molar-refractivity contribution >= 4 is 5.82 Å². The van der Waals surface area contributed by atoms with Gasteiger partial charge in [0.1, 0.15) is 5.56 Å². The van der Waals surface area contributed by atoms with E-state index in [0.717, 1.165) is 0 Å². The highest BCUT2D eigenvalue weighted by Crippen LogP contribution is 2.32. The maximum absolute atomic E-state index is 12.2. The van der Waals surface area contributed by atoms with E-state index in [9.17, 15) is 23.3 Å². The van der Waals surface area contributed by atoms with Crippen LogP contribution in [0.3, 0.4) is 0 Å². The number of aromatic nitrogens is 1. The van der Waals surface area contributed by atoms with Crippen LogP contribution in [-0.4, -0.2) is 15.0 Å². The molecule has 8 heteroatoms. The Kier molecular flexibility index (Phi) is 2.89. The molecule has 0 bridgehead atoms. The molecule has 0 amide bonds. The van der Waals surface area contributed by atoms with Gasteiger partial charge in [-0.25, -0.2) is 0 Å². The predicted octanol–water partition coefficient (Wildman–Crippen LogP) is 1.50. The molecule has 1 heterocycles. The molecular formula is C7H5F3N2O3. The van der Waals surface area contributed by atoms with E-state index in [0.29, 0.717) is 12.3 Å². The van der Waals surface area contributed by atoms with E-state index in [4.69, 9.17) is 5.11 Å². The minimum Gasteiger partial charge on any atom is -0.392 e. The molecule has 0 atom stereocenters. The fourth-order valence-corrected chi connectivity index (χ4v) is 0.970. The van der Waals surface area contributed by atoms with Crippen molar-refractivity contribution in [1.82, 2.24) is 4.98 Å². The first-order valence-corrected chi connectivity index (χ1v) is 3.67. The summed E-state index contributed by atoms with van der Waals surface area (Å²) >= 11 is 0. The van der Waals surface area contributed by atoms with Gasteiger partial charge >= 0.3 is 12.0 Å². The molecule has 82 valence electrons. The van der Waals surface area contributed by atoms with Crippen LogP contribution in [0.4, 0.5) is 19.0 Å². The minimum absolute atomic E-state index is 0.337. The van der Waals surface area contributed by atoms with E-state index in [1.165, 1.54) is 0 Å². The van der Waals surface area contributed by atoms with Gasteiger partial charge in [-0.2, -0.15) is 13.2 Å². The standard InChI is InChI=1S/C7H5F3N2O3/c8-7(9,10)5-2-11-6(12(14)15)1-4(5)3-13/h1-2,13H,3H2. The third kappa shape index (κ3) is 2.40. The first-order valence-electron chi connectivity index (χ1n) is 3.67. The molecule has 0 aromatic carbocycles. The number of aliphatic hydroxyl groups excluding tert-OH is 1. The lowest BCUT2D eigenvalue weighted by atomic mass is 10.1. The van der Waals surface area contributed by atoms with Crippen molar-refractivity contribution in [2.24, 2.45) is 0 Å². The van der Waals surface area contributed by atoms with E-state index in [1.807, 2.05) is 0 Å². The third-order valence-electron chi connectivity index (χ3n) is 1.64. The largest absolute Gasteiger partial charge is 0.420 e. The van der Waals surface area contributed by atoms with Crippen LogP contribution >= 0.6 is 0 Å². The second-order valence-corrected chi connectivity index (χ2v) is 2.61. The molecule has 15 heavy (non-hydrogen) atoms. The second kappa shape index (κ2) is 3.81. The lowest BCUT2D eigenvalue weighted by Gasteiger charge is -2.08. The zero-order chi connectivity index (χ0) is 11.6. The van der Waals surface area contributed by atoms with Gasteiger partial charge in [0.05, 0.1) is 6.61 Å². The summed E-state index contributed by atoms with van der Waals surface area (Å²) in [5.74, 6) is -0.730. The minimum atomic E-state index is -4.68. The fraction of sp³-hybridized carbons (Fsp3) is 0.286. The molecule has 1 aromatic rings. The number of nitro groups is 1. The normalized spacial score (nSPS) is 11.5. The van der Waals surface area contributed by atoms with Crippen molar-refractivity contribution in [1.29, 1.82) is 0 Å². The summed E-state index contributed by atoms with van der Waals surface area (Å²) in [5, 5.41) is 18.8. The first kappa shape index (κ1) is 11.4. The molecule has 5 nitrogen and oxygen atoms in total. The summed E-state index contributed by atoms with van der Waals surface area (Å²) in [4.78, 5) is 12.3. The zero-order valence-electron chi connectivity index (χ0n) is 7.15. The van der Waals surface area contributed by atoms with Crippen LogP contribution in [0.15, 0.2) is 12.3 Å². The highest BCUT2D eigenvalue weighted by molar-refractivity contribution is 5.33. The Labute approximate surface area is 81.3 Å². The van der Waals surface area contributed by atoms with Crippen molar-refractivity contribution < 1.29 is 23.2 Å². The monoisotopic (exact) mass is 222 g/mol. The summed E-state index contributed by atoms with van der Waals surface area (Å²) in [6, 6.07) is 0.600. The van der Waals surface area contributed by atoms with Crippen molar-refractivity contribution in [3.8, 4) is 0 Å². The van der Waals surface area contributed by atoms with E-state index < -0.39 is 34.7 Å². The highest BCUT2D eigenvalue weighted by atomic mass is 19.4. The van der Waals surface area contributed by atoms with Crippen LogP contribution in [0.2, 0.25) is 0 Å². The van der Waals surface area contributed by atoms with Crippen LogP contribution in [0.5, 0.6) is 0 Å². The molecule has 0 saturated heterocycles. The van der Waals surface area contributed by atoms with Gasteiger partial charge in [0.15, 0.2) is 6.20 Å². The van der Waals surface area contributed by atoms with Crippen LogP contribution in [0.1, 0.15) is 11.1 Å². The number of halogens is 3. The molecule has 1 N–H and O–H groups in total. The Balaban J connectivity index is 3.27. The summed E-state index contributed by atoms with van der Waals surface area (Å²) in [5.41, 5.74) is -1.74. The lowest BCUT2D eigenvalue weighted by molar-refractivity contribution is -0.389. The van der Waals surface area contributed by atoms with Gasteiger partial charge in [-0.3, -0.25) is 0 Å². The Morgan fingerprint density at radius 3 is 2.53 bits per heavy atom. The smallest absolute Gasteiger partial charge is 0.392 e.